The molecule has 31 heavy (non-hydrogen) atoms. The minimum Gasteiger partial charge on any atom is -0.341 e. The van der Waals surface area contributed by atoms with Crippen LogP contribution in [0.5, 0.6) is 0 Å². The zero-order valence-corrected chi connectivity index (χ0v) is 18.9. The molecule has 0 N–H and O–H groups in total. The van der Waals surface area contributed by atoms with E-state index in [1.807, 2.05) is 9.47 Å². The van der Waals surface area contributed by atoms with Gasteiger partial charge in [0.2, 0.25) is 5.91 Å². The summed E-state index contributed by atoms with van der Waals surface area (Å²) in [5, 5.41) is 0. The third-order valence-corrected chi connectivity index (χ3v) is 8.32. The lowest BCUT2D eigenvalue weighted by Crippen LogP contribution is -2.49. The van der Waals surface area contributed by atoms with Gasteiger partial charge in [0.25, 0.3) is 5.56 Å². The van der Waals surface area contributed by atoms with Gasteiger partial charge in [0.05, 0.1) is 12.2 Å². The topological polar surface area (TPSA) is 58.4 Å². The molecule has 3 unspecified atom stereocenters. The maximum absolute atomic E-state index is 13.1. The normalized spacial score (nSPS) is 29.7. The van der Waals surface area contributed by atoms with E-state index in [1.54, 1.807) is 6.07 Å². The molecule has 1 aromatic rings. The summed E-state index contributed by atoms with van der Waals surface area (Å²) in [5.41, 5.74) is 1.01. The van der Waals surface area contributed by atoms with Crippen molar-refractivity contribution in [2.75, 3.05) is 32.7 Å². The molecular formula is C25H38N4O2. The maximum Gasteiger partial charge on any atom is 0.253 e. The molecule has 3 fully saturated rings. The van der Waals surface area contributed by atoms with E-state index >= 15 is 0 Å². The van der Waals surface area contributed by atoms with Gasteiger partial charge in [0.1, 0.15) is 5.82 Å². The number of likely N-dealkylation sites (tertiary alicyclic amines) is 2. The smallest absolute Gasteiger partial charge is 0.253 e. The summed E-state index contributed by atoms with van der Waals surface area (Å²) in [4.78, 5) is 35.2. The van der Waals surface area contributed by atoms with E-state index in [0.717, 1.165) is 81.6 Å². The molecule has 5 rings (SSSR count). The highest BCUT2D eigenvalue weighted by molar-refractivity contribution is 5.78. The highest BCUT2D eigenvalue weighted by atomic mass is 16.2. The number of hydrogen-bond donors (Lipinski definition) is 0. The van der Waals surface area contributed by atoms with Gasteiger partial charge < -0.3 is 4.90 Å². The highest BCUT2D eigenvalue weighted by Gasteiger charge is 2.33. The average Bonchev–Trinajstić information content (AvgIpc) is 3.05. The van der Waals surface area contributed by atoms with Crippen molar-refractivity contribution >= 4 is 5.91 Å². The third kappa shape index (κ3) is 4.74. The second kappa shape index (κ2) is 9.43. The summed E-state index contributed by atoms with van der Waals surface area (Å²) in [6.07, 6.45) is 13.0. The van der Waals surface area contributed by atoms with Crippen LogP contribution in [0.25, 0.3) is 0 Å². The van der Waals surface area contributed by atoms with Crippen LogP contribution in [0.15, 0.2) is 10.9 Å². The fourth-order valence-corrected chi connectivity index (χ4v) is 6.50. The van der Waals surface area contributed by atoms with Gasteiger partial charge in [-0.15, -0.1) is 0 Å². The van der Waals surface area contributed by atoms with Gasteiger partial charge in [-0.05, 0) is 56.9 Å². The molecule has 3 aliphatic heterocycles. The summed E-state index contributed by atoms with van der Waals surface area (Å²) >= 11 is 0. The van der Waals surface area contributed by atoms with Crippen LogP contribution < -0.4 is 5.56 Å². The Morgan fingerprint density at radius 3 is 2.68 bits per heavy atom. The van der Waals surface area contributed by atoms with Crippen molar-refractivity contribution in [3.05, 3.63) is 27.9 Å². The van der Waals surface area contributed by atoms with E-state index in [2.05, 4.69) is 4.90 Å². The number of nitrogens with zero attached hydrogens (tertiary/aromatic N) is 4. The van der Waals surface area contributed by atoms with Gasteiger partial charge in [0, 0.05) is 44.6 Å². The number of fused-ring (bicyclic) bond motifs is 2. The number of aryl methyl sites for hydroxylation is 1. The van der Waals surface area contributed by atoms with Gasteiger partial charge in [-0.1, -0.05) is 25.7 Å². The van der Waals surface area contributed by atoms with Crippen LogP contribution in [0.2, 0.25) is 0 Å². The Hall–Kier alpha value is -1.69. The van der Waals surface area contributed by atoms with Crippen LogP contribution in [-0.4, -0.2) is 58.0 Å². The first-order chi connectivity index (χ1) is 15.2. The number of amides is 1. The van der Waals surface area contributed by atoms with E-state index in [9.17, 15) is 9.59 Å². The van der Waals surface area contributed by atoms with Crippen LogP contribution in [-0.2, 0) is 17.8 Å². The van der Waals surface area contributed by atoms with E-state index in [4.69, 9.17) is 4.98 Å². The molecule has 170 valence electrons. The molecule has 2 saturated heterocycles. The number of hydrogen-bond acceptors (Lipinski definition) is 4. The Morgan fingerprint density at radius 2 is 1.77 bits per heavy atom. The Kier molecular flexibility index (Phi) is 6.44. The largest absolute Gasteiger partial charge is 0.341 e. The summed E-state index contributed by atoms with van der Waals surface area (Å²) in [6.45, 7) is 5.11. The fourth-order valence-electron chi connectivity index (χ4n) is 6.50. The molecule has 0 bridgehead atoms. The SMILES string of the molecule is O=C(CN1CCC2CCCCC2C1)N1CCCC(c2cc(=O)n3c(n2)CCCCC3)C1. The summed E-state index contributed by atoms with van der Waals surface area (Å²) in [7, 11) is 0. The van der Waals surface area contributed by atoms with Crippen molar-refractivity contribution in [3.8, 4) is 0 Å². The number of piperidine rings is 2. The van der Waals surface area contributed by atoms with Gasteiger partial charge in [-0.25, -0.2) is 4.98 Å². The first-order valence-electron chi connectivity index (χ1n) is 12.8. The predicted molar refractivity (Wildman–Crippen MR) is 121 cm³/mol. The third-order valence-electron chi connectivity index (χ3n) is 8.32. The summed E-state index contributed by atoms with van der Waals surface area (Å²) < 4.78 is 1.87. The summed E-state index contributed by atoms with van der Waals surface area (Å²) in [5.74, 6) is 3.13. The van der Waals surface area contributed by atoms with E-state index in [1.165, 1.54) is 38.5 Å². The predicted octanol–water partition coefficient (Wildman–Crippen LogP) is 3.19. The fraction of sp³-hybridized carbons (Fsp3) is 0.800. The first kappa shape index (κ1) is 21.2. The molecule has 0 radical (unpaired) electrons. The van der Waals surface area contributed by atoms with Gasteiger partial charge in [-0.2, -0.15) is 0 Å². The van der Waals surface area contributed by atoms with Crippen molar-refractivity contribution in [1.29, 1.82) is 0 Å². The Bertz CT molecular complexity index is 850. The van der Waals surface area contributed by atoms with Gasteiger partial charge >= 0.3 is 0 Å². The molecular weight excluding hydrogens is 388 g/mol. The number of carbonyl (C=O) groups is 1. The van der Waals surface area contributed by atoms with E-state index in [-0.39, 0.29) is 17.4 Å². The quantitative estimate of drug-likeness (QED) is 0.745. The standard InChI is InChI=1S/C25H38N4O2/c30-24-15-22(26-23-10-2-1-5-13-29(23)24)21-9-6-12-28(17-21)25(31)18-27-14-11-19-7-3-4-8-20(19)16-27/h15,19-21H,1-14,16-18H2. The molecule has 4 heterocycles. The Balaban J connectivity index is 1.22. The minimum atomic E-state index is 0.0979. The molecule has 0 spiro atoms. The second-order valence-corrected chi connectivity index (χ2v) is 10.4. The zero-order chi connectivity index (χ0) is 21.2. The Labute approximate surface area is 186 Å². The van der Waals surface area contributed by atoms with Crippen molar-refractivity contribution in [1.82, 2.24) is 19.4 Å². The molecule has 3 atom stereocenters. The van der Waals surface area contributed by atoms with Crippen molar-refractivity contribution < 1.29 is 4.79 Å². The van der Waals surface area contributed by atoms with Gasteiger partial charge in [-0.3, -0.25) is 19.1 Å². The summed E-state index contributed by atoms with van der Waals surface area (Å²) in [6, 6.07) is 1.75. The van der Waals surface area contributed by atoms with Crippen LogP contribution >= 0.6 is 0 Å². The lowest BCUT2D eigenvalue weighted by molar-refractivity contribution is -0.134. The minimum absolute atomic E-state index is 0.0979. The maximum atomic E-state index is 13.1. The van der Waals surface area contributed by atoms with Crippen molar-refractivity contribution in [2.45, 2.75) is 83.1 Å². The lowest BCUT2D eigenvalue weighted by Gasteiger charge is -2.42. The van der Waals surface area contributed by atoms with Crippen LogP contribution in [0.4, 0.5) is 0 Å². The highest BCUT2D eigenvalue weighted by Crippen LogP contribution is 2.36. The van der Waals surface area contributed by atoms with Crippen molar-refractivity contribution in [3.63, 3.8) is 0 Å². The van der Waals surface area contributed by atoms with E-state index < -0.39 is 0 Å². The molecule has 1 amide bonds. The van der Waals surface area contributed by atoms with Crippen LogP contribution in [0, 0.1) is 11.8 Å². The van der Waals surface area contributed by atoms with Gasteiger partial charge in [0.15, 0.2) is 0 Å². The molecule has 1 saturated carbocycles. The molecule has 6 heteroatoms. The Morgan fingerprint density at radius 1 is 0.903 bits per heavy atom. The first-order valence-corrected chi connectivity index (χ1v) is 12.8. The molecule has 6 nitrogen and oxygen atoms in total. The zero-order valence-electron chi connectivity index (χ0n) is 18.9. The van der Waals surface area contributed by atoms with Crippen molar-refractivity contribution in [2.24, 2.45) is 11.8 Å². The molecule has 1 aliphatic carbocycles. The average molecular weight is 427 g/mol. The van der Waals surface area contributed by atoms with E-state index in [0.29, 0.717) is 13.1 Å². The van der Waals surface area contributed by atoms with Crippen LogP contribution in [0.1, 0.15) is 81.6 Å². The molecule has 4 aliphatic rings. The number of rotatable bonds is 3. The lowest BCUT2D eigenvalue weighted by atomic mass is 9.75. The number of aromatic nitrogens is 2. The monoisotopic (exact) mass is 426 g/mol. The number of carbonyl (C=O) groups excluding carboxylic acids is 1. The second-order valence-electron chi connectivity index (χ2n) is 10.4. The molecule has 0 aromatic carbocycles. The molecule has 1 aromatic heterocycles. The van der Waals surface area contributed by atoms with Crippen LogP contribution in [0.3, 0.4) is 0 Å².